The highest BCUT2D eigenvalue weighted by Gasteiger charge is 2.13. The Morgan fingerprint density at radius 1 is 1.46 bits per heavy atom. The molecule has 0 amide bonds. The number of nitrogens with two attached hydrogens (primary N) is 1. The van der Waals surface area contributed by atoms with Gasteiger partial charge < -0.3 is 5.73 Å². The van der Waals surface area contributed by atoms with E-state index >= 15 is 0 Å². The summed E-state index contributed by atoms with van der Waals surface area (Å²) in [5.41, 5.74) is 8.59. The highest BCUT2D eigenvalue weighted by atomic mass is 15.3. The molecule has 0 saturated heterocycles. The van der Waals surface area contributed by atoms with Gasteiger partial charge >= 0.3 is 0 Å². The molecule has 2 N–H and O–H groups in total. The smallest absolute Gasteiger partial charge is 0.202 e. The molecule has 0 fully saturated rings. The number of aromatic nitrogens is 4. The van der Waals surface area contributed by atoms with Gasteiger partial charge in [-0.05, 0) is 13.8 Å². The zero-order valence-electron chi connectivity index (χ0n) is 8.07. The van der Waals surface area contributed by atoms with E-state index < -0.39 is 0 Å². The fraction of sp³-hybridized carbons (Fsp3) is 0.500. The Labute approximate surface area is 76.2 Å². The Hall–Kier alpha value is -1.52. The van der Waals surface area contributed by atoms with Crippen LogP contribution >= 0.6 is 0 Å². The number of rotatable bonds is 1. The molecule has 0 saturated carbocycles. The van der Waals surface area contributed by atoms with Crippen LogP contribution in [0.3, 0.4) is 0 Å². The molecule has 0 spiro atoms. The first kappa shape index (κ1) is 8.10. The van der Waals surface area contributed by atoms with Crippen LogP contribution in [0.25, 0.3) is 11.2 Å². The number of anilines is 1. The second kappa shape index (κ2) is 2.48. The van der Waals surface area contributed by atoms with Crippen molar-refractivity contribution in [3.8, 4) is 0 Å². The first-order valence-electron chi connectivity index (χ1n) is 4.30. The van der Waals surface area contributed by atoms with Crippen molar-refractivity contribution < 1.29 is 0 Å². The normalized spacial score (nSPS) is 11.3. The molecule has 5 nitrogen and oxygen atoms in total. The van der Waals surface area contributed by atoms with E-state index in [0.717, 1.165) is 23.4 Å². The van der Waals surface area contributed by atoms with Crippen molar-refractivity contribution in [3.05, 3.63) is 5.69 Å². The van der Waals surface area contributed by atoms with Gasteiger partial charge in [-0.1, -0.05) is 0 Å². The van der Waals surface area contributed by atoms with Crippen LogP contribution < -0.4 is 5.73 Å². The van der Waals surface area contributed by atoms with Crippen molar-refractivity contribution in [2.24, 2.45) is 7.05 Å². The summed E-state index contributed by atoms with van der Waals surface area (Å²) in [5, 5.41) is 4.28. The Balaban J connectivity index is 2.89. The van der Waals surface area contributed by atoms with Gasteiger partial charge in [-0.15, -0.1) is 0 Å². The zero-order chi connectivity index (χ0) is 9.59. The van der Waals surface area contributed by atoms with E-state index in [1.54, 1.807) is 0 Å². The minimum atomic E-state index is 0.564. The van der Waals surface area contributed by atoms with Crippen molar-refractivity contribution in [2.45, 2.75) is 20.4 Å². The minimum absolute atomic E-state index is 0.564. The molecular formula is C8H13N5. The van der Waals surface area contributed by atoms with Gasteiger partial charge in [-0.25, -0.2) is 4.98 Å². The van der Waals surface area contributed by atoms with Crippen LogP contribution in [0.5, 0.6) is 0 Å². The molecule has 2 aromatic heterocycles. The number of fused-ring (bicyclic) bond motifs is 1. The lowest BCUT2D eigenvalue weighted by Gasteiger charge is -2.01. The first-order chi connectivity index (χ1) is 6.15. The molecule has 2 heterocycles. The number of nitrogens with zero attached hydrogens (tertiary/aromatic N) is 4. The van der Waals surface area contributed by atoms with Gasteiger partial charge in [0.1, 0.15) is 5.52 Å². The van der Waals surface area contributed by atoms with Gasteiger partial charge in [0.05, 0.1) is 5.69 Å². The van der Waals surface area contributed by atoms with Gasteiger partial charge in [0.25, 0.3) is 0 Å². The third kappa shape index (κ3) is 0.929. The van der Waals surface area contributed by atoms with Crippen LogP contribution in [-0.2, 0) is 13.6 Å². The number of nitrogen functional groups attached to an aromatic ring is 1. The molecule has 2 rings (SSSR count). The number of hydrogen-bond acceptors (Lipinski definition) is 3. The molecule has 13 heavy (non-hydrogen) atoms. The monoisotopic (exact) mass is 179 g/mol. The van der Waals surface area contributed by atoms with Gasteiger partial charge in [-0.3, -0.25) is 9.25 Å². The molecule has 0 aromatic carbocycles. The summed E-state index contributed by atoms with van der Waals surface area (Å²) in [6.45, 7) is 4.80. The van der Waals surface area contributed by atoms with Crippen molar-refractivity contribution in [2.75, 3.05) is 5.73 Å². The van der Waals surface area contributed by atoms with Crippen LogP contribution in [0.2, 0.25) is 0 Å². The second-order valence-corrected chi connectivity index (χ2v) is 3.10. The molecule has 0 aliphatic carbocycles. The first-order valence-corrected chi connectivity index (χ1v) is 4.30. The van der Waals surface area contributed by atoms with Gasteiger partial charge in [0, 0.05) is 13.6 Å². The van der Waals surface area contributed by atoms with E-state index in [4.69, 9.17) is 5.73 Å². The fourth-order valence-corrected chi connectivity index (χ4v) is 1.66. The van der Waals surface area contributed by atoms with E-state index in [9.17, 15) is 0 Å². The molecule has 70 valence electrons. The summed E-state index contributed by atoms with van der Waals surface area (Å²) in [5.74, 6) is 0.564. The Bertz CT molecular complexity index is 450. The van der Waals surface area contributed by atoms with Crippen molar-refractivity contribution >= 4 is 17.1 Å². The van der Waals surface area contributed by atoms with E-state index in [0.29, 0.717) is 5.95 Å². The highest BCUT2D eigenvalue weighted by molar-refractivity contribution is 5.77. The summed E-state index contributed by atoms with van der Waals surface area (Å²) in [6.07, 6.45) is 0. The van der Waals surface area contributed by atoms with Gasteiger partial charge in [-0.2, -0.15) is 5.10 Å². The van der Waals surface area contributed by atoms with Crippen LogP contribution in [0, 0.1) is 6.92 Å². The second-order valence-electron chi connectivity index (χ2n) is 3.10. The topological polar surface area (TPSA) is 61.7 Å². The maximum absolute atomic E-state index is 5.76. The highest BCUT2D eigenvalue weighted by Crippen LogP contribution is 2.19. The molecule has 0 unspecified atom stereocenters. The van der Waals surface area contributed by atoms with Crippen molar-refractivity contribution in [1.29, 1.82) is 0 Å². The predicted octanol–water partition coefficient (Wildman–Crippen LogP) is 0.680. The van der Waals surface area contributed by atoms with Crippen LogP contribution in [0.15, 0.2) is 0 Å². The molecule has 5 heteroatoms. The number of hydrogen-bond donors (Lipinski definition) is 1. The molecule has 0 aliphatic rings. The Kier molecular flexibility index (Phi) is 1.55. The van der Waals surface area contributed by atoms with Gasteiger partial charge in [0.15, 0.2) is 5.65 Å². The lowest BCUT2D eigenvalue weighted by atomic mass is 10.4. The Morgan fingerprint density at radius 3 is 2.77 bits per heavy atom. The minimum Gasteiger partial charge on any atom is -0.369 e. The summed E-state index contributed by atoms with van der Waals surface area (Å²) in [6, 6.07) is 0. The van der Waals surface area contributed by atoms with Crippen molar-refractivity contribution in [3.63, 3.8) is 0 Å². The maximum Gasteiger partial charge on any atom is 0.202 e. The van der Waals surface area contributed by atoms with E-state index in [1.807, 2.05) is 30.1 Å². The summed E-state index contributed by atoms with van der Waals surface area (Å²) in [7, 11) is 1.91. The SMILES string of the molecule is CCn1c(N)nc2c(C)nn(C)c21. The summed E-state index contributed by atoms with van der Waals surface area (Å²) >= 11 is 0. The van der Waals surface area contributed by atoms with Gasteiger partial charge in [0.2, 0.25) is 5.95 Å². The summed E-state index contributed by atoms with van der Waals surface area (Å²) < 4.78 is 3.77. The molecule has 0 radical (unpaired) electrons. The number of aryl methyl sites for hydroxylation is 3. The Morgan fingerprint density at radius 2 is 2.15 bits per heavy atom. The van der Waals surface area contributed by atoms with Crippen LogP contribution in [0.1, 0.15) is 12.6 Å². The fourth-order valence-electron chi connectivity index (χ4n) is 1.66. The van der Waals surface area contributed by atoms with Crippen LogP contribution in [-0.4, -0.2) is 19.3 Å². The molecule has 0 aliphatic heterocycles. The molecule has 0 bridgehead atoms. The number of imidazole rings is 1. The molecule has 0 atom stereocenters. The molecule has 2 aromatic rings. The predicted molar refractivity (Wildman–Crippen MR) is 51.3 cm³/mol. The standard InChI is InChI=1S/C8H13N5/c1-4-13-7-6(10-8(13)9)5(2)11-12(7)3/h4H2,1-3H3,(H2,9,10). The quantitative estimate of drug-likeness (QED) is 0.700. The third-order valence-electron chi connectivity index (χ3n) is 2.24. The van der Waals surface area contributed by atoms with Crippen LogP contribution in [0.4, 0.5) is 5.95 Å². The average molecular weight is 179 g/mol. The summed E-state index contributed by atoms with van der Waals surface area (Å²) in [4.78, 5) is 4.26. The lowest BCUT2D eigenvalue weighted by Crippen LogP contribution is -2.04. The van der Waals surface area contributed by atoms with E-state index in [2.05, 4.69) is 10.1 Å². The largest absolute Gasteiger partial charge is 0.369 e. The lowest BCUT2D eigenvalue weighted by molar-refractivity contribution is 0.713. The molecular weight excluding hydrogens is 166 g/mol. The average Bonchev–Trinajstić information content (AvgIpc) is 2.52. The van der Waals surface area contributed by atoms with E-state index in [1.165, 1.54) is 0 Å². The third-order valence-corrected chi connectivity index (χ3v) is 2.24. The van der Waals surface area contributed by atoms with Crippen molar-refractivity contribution in [1.82, 2.24) is 19.3 Å². The maximum atomic E-state index is 5.76. The van der Waals surface area contributed by atoms with E-state index in [-0.39, 0.29) is 0 Å². The zero-order valence-corrected chi connectivity index (χ0v) is 8.07.